The molecule has 0 amide bonds. The van der Waals surface area contributed by atoms with Gasteiger partial charge in [0.1, 0.15) is 5.60 Å². The zero-order valence-electron chi connectivity index (χ0n) is 19.8. The van der Waals surface area contributed by atoms with E-state index in [1.165, 1.54) is 57.8 Å². The summed E-state index contributed by atoms with van der Waals surface area (Å²) < 4.78 is 11.9. The van der Waals surface area contributed by atoms with E-state index in [2.05, 4.69) is 13.8 Å². The third-order valence-electron chi connectivity index (χ3n) is 9.47. The fraction of sp³-hybridized carbons (Fsp3) is 0.923. The van der Waals surface area contributed by atoms with E-state index >= 15 is 0 Å². The van der Waals surface area contributed by atoms with Crippen LogP contribution in [0.25, 0.3) is 0 Å². The molecule has 0 aliphatic heterocycles. The Hall–Kier alpha value is -1.06. The molecule has 0 aromatic heterocycles. The molecule has 5 rings (SSSR count). The summed E-state index contributed by atoms with van der Waals surface area (Å²) in [6.45, 7) is 10.3. The Kier molecular flexibility index (Phi) is 5.77. The Morgan fingerprint density at radius 2 is 1.57 bits per heavy atom. The molecular formula is C26H42O4. The van der Waals surface area contributed by atoms with Gasteiger partial charge in [-0.1, -0.05) is 33.6 Å². The molecule has 4 bridgehead atoms. The monoisotopic (exact) mass is 418 g/mol. The van der Waals surface area contributed by atoms with Gasteiger partial charge in [0, 0.05) is 11.8 Å². The lowest BCUT2D eigenvalue weighted by Gasteiger charge is -2.66. The highest BCUT2D eigenvalue weighted by Crippen LogP contribution is 2.67. The van der Waals surface area contributed by atoms with E-state index < -0.39 is 5.41 Å². The van der Waals surface area contributed by atoms with E-state index in [-0.39, 0.29) is 24.1 Å². The first kappa shape index (κ1) is 22.1. The quantitative estimate of drug-likeness (QED) is 0.502. The zero-order chi connectivity index (χ0) is 21.7. The van der Waals surface area contributed by atoms with Gasteiger partial charge < -0.3 is 9.47 Å². The number of carbonyl (C=O) groups excluding carboxylic acids is 2. The maximum atomic E-state index is 13.0. The smallest absolute Gasteiger partial charge is 0.344 e. The van der Waals surface area contributed by atoms with Gasteiger partial charge in [0.05, 0.1) is 5.41 Å². The van der Waals surface area contributed by atoms with Crippen molar-refractivity contribution >= 4 is 11.9 Å². The molecule has 4 heteroatoms. The lowest BCUT2D eigenvalue weighted by molar-refractivity contribution is -0.248. The van der Waals surface area contributed by atoms with E-state index in [4.69, 9.17) is 9.47 Å². The molecule has 5 fully saturated rings. The van der Waals surface area contributed by atoms with Gasteiger partial charge >= 0.3 is 11.9 Å². The predicted octanol–water partition coefficient (Wildman–Crippen LogP) is 5.92. The number of ether oxygens (including phenoxy) is 2. The van der Waals surface area contributed by atoms with Gasteiger partial charge in [-0.25, -0.2) is 4.79 Å². The first-order chi connectivity index (χ1) is 14.1. The van der Waals surface area contributed by atoms with Crippen molar-refractivity contribution in [3.05, 3.63) is 0 Å². The molecule has 30 heavy (non-hydrogen) atoms. The summed E-state index contributed by atoms with van der Waals surface area (Å²) >= 11 is 0. The minimum atomic E-state index is -0.561. The van der Waals surface area contributed by atoms with Crippen molar-refractivity contribution in [2.75, 3.05) is 6.61 Å². The third kappa shape index (κ3) is 3.81. The van der Waals surface area contributed by atoms with E-state index in [0.717, 1.165) is 11.8 Å². The fourth-order valence-corrected chi connectivity index (χ4v) is 7.71. The van der Waals surface area contributed by atoms with Gasteiger partial charge in [0.15, 0.2) is 6.61 Å². The van der Waals surface area contributed by atoms with E-state index in [0.29, 0.717) is 29.6 Å². The summed E-state index contributed by atoms with van der Waals surface area (Å²) in [6, 6.07) is 0. The molecule has 5 saturated carbocycles. The van der Waals surface area contributed by atoms with Crippen molar-refractivity contribution < 1.29 is 19.1 Å². The number of hydrogen-bond donors (Lipinski definition) is 0. The molecule has 2 atom stereocenters. The molecular weight excluding hydrogens is 376 g/mol. The van der Waals surface area contributed by atoms with Crippen molar-refractivity contribution in [2.24, 2.45) is 40.4 Å². The van der Waals surface area contributed by atoms with Crippen LogP contribution in [0.5, 0.6) is 0 Å². The molecule has 4 nitrogen and oxygen atoms in total. The van der Waals surface area contributed by atoms with Crippen LogP contribution in [-0.4, -0.2) is 24.1 Å². The topological polar surface area (TPSA) is 52.6 Å². The Labute approximate surface area is 182 Å². The highest BCUT2D eigenvalue weighted by atomic mass is 16.6. The normalized spacial score (nSPS) is 42.8. The van der Waals surface area contributed by atoms with E-state index in [1.807, 2.05) is 20.8 Å². The van der Waals surface area contributed by atoms with Crippen LogP contribution in [0.15, 0.2) is 0 Å². The summed E-state index contributed by atoms with van der Waals surface area (Å²) in [5.41, 5.74) is -0.443. The van der Waals surface area contributed by atoms with Gasteiger partial charge in [-0.15, -0.1) is 0 Å². The van der Waals surface area contributed by atoms with Crippen LogP contribution in [0, 0.1) is 40.4 Å². The van der Waals surface area contributed by atoms with Crippen molar-refractivity contribution in [3.63, 3.8) is 0 Å². The first-order valence-corrected chi connectivity index (χ1v) is 12.5. The Balaban J connectivity index is 1.52. The number of rotatable bonds is 6. The van der Waals surface area contributed by atoms with Crippen LogP contribution in [0.2, 0.25) is 0 Å². The number of esters is 2. The predicted molar refractivity (Wildman–Crippen MR) is 117 cm³/mol. The van der Waals surface area contributed by atoms with Crippen LogP contribution in [0.3, 0.4) is 0 Å². The Morgan fingerprint density at radius 1 is 0.967 bits per heavy atom. The lowest BCUT2D eigenvalue weighted by Crippen LogP contribution is -2.65. The van der Waals surface area contributed by atoms with Gasteiger partial charge in [0.25, 0.3) is 0 Å². The van der Waals surface area contributed by atoms with Crippen LogP contribution < -0.4 is 0 Å². The van der Waals surface area contributed by atoms with Crippen LogP contribution >= 0.6 is 0 Å². The van der Waals surface area contributed by atoms with Gasteiger partial charge in [-0.3, -0.25) is 4.79 Å². The second kappa shape index (κ2) is 7.81. The maximum Gasteiger partial charge on any atom is 0.344 e. The Bertz CT molecular complexity index is 657. The SMILES string of the molecule is CCC(C)(C)C(=O)OCC(=O)OC1(C2CCC(C)CC2)C2CC3CC1CC(C)(C3)C2. The second-order valence-electron chi connectivity index (χ2n) is 12.3. The van der Waals surface area contributed by atoms with Crippen molar-refractivity contribution in [2.45, 2.75) is 104 Å². The maximum absolute atomic E-state index is 13.0. The molecule has 5 aliphatic rings. The standard InChI is InChI=1S/C26H42O4/c1-6-24(3,4)23(28)29-16-22(27)30-26(19-9-7-17(2)8-10-19)20-11-18-12-21(26)15-25(5,13-18)14-20/h17-21H,6-16H2,1-5H3. The summed E-state index contributed by atoms with van der Waals surface area (Å²) in [6.07, 6.45) is 11.7. The van der Waals surface area contributed by atoms with Gasteiger partial charge in [-0.05, 0) is 88.4 Å². The molecule has 0 radical (unpaired) electrons. The van der Waals surface area contributed by atoms with Crippen LogP contribution in [-0.2, 0) is 19.1 Å². The summed E-state index contributed by atoms with van der Waals surface area (Å²) in [7, 11) is 0. The molecule has 5 aliphatic carbocycles. The minimum Gasteiger partial charge on any atom is -0.456 e. The van der Waals surface area contributed by atoms with Crippen LogP contribution in [0.1, 0.15) is 98.8 Å². The van der Waals surface area contributed by atoms with Gasteiger partial charge in [0.2, 0.25) is 0 Å². The van der Waals surface area contributed by atoms with E-state index in [9.17, 15) is 9.59 Å². The third-order valence-corrected chi connectivity index (χ3v) is 9.47. The van der Waals surface area contributed by atoms with Crippen molar-refractivity contribution in [1.29, 1.82) is 0 Å². The molecule has 0 aromatic carbocycles. The molecule has 0 saturated heterocycles. The summed E-state index contributed by atoms with van der Waals surface area (Å²) in [5.74, 6) is 2.40. The molecule has 170 valence electrons. The van der Waals surface area contributed by atoms with E-state index in [1.54, 1.807) is 0 Å². The number of hydrogen-bond acceptors (Lipinski definition) is 4. The van der Waals surface area contributed by atoms with Crippen LogP contribution in [0.4, 0.5) is 0 Å². The highest BCUT2D eigenvalue weighted by Gasteiger charge is 2.65. The number of carbonyl (C=O) groups is 2. The highest BCUT2D eigenvalue weighted by molar-refractivity contribution is 5.80. The Morgan fingerprint density at radius 3 is 2.10 bits per heavy atom. The lowest BCUT2D eigenvalue weighted by atomic mass is 9.42. The first-order valence-electron chi connectivity index (χ1n) is 12.5. The molecule has 0 aromatic rings. The molecule has 0 heterocycles. The van der Waals surface area contributed by atoms with Gasteiger partial charge in [-0.2, -0.15) is 0 Å². The largest absolute Gasteiger partial charge is 0.456 e. The average molecular weight is 419 g/mol. The zero-order valence-corrected chi connectivity index (χ0v) is 19.8. The summed E-state index contributed by atoms with van der Waals surface area (Å²) in [5, 5.41) is 0. The van der Waals surface area contributed by atoms with Crippen molar-refractivity contribution in [1.82, 2.24) is 0 Å². The molecule has 0 spiro atoms. The summed E-state index contributed by atoms with van der Waals surface area (Å²) in [4.78, 5) is 25.4. The fourth-order valence-electron chi connectivity index (χ4n) is 7.71. The second-order valence-corrected chi connectivity index (χ2v) is 12.3. The molecule has 0 N–H and O–H groups in total. The average Bonchev–Trinajstić information content (AvgIpc) is 2.68. The minimum absolute atomic E-state index is 0.243. The molecule has 2 unspecified atom stereocenters. The van der Waals surface area contributed by atoms with Crippen molar-refractivity contribution in [3.8, 4) is 0 Å².